The highest BCUT2D eigenvalue weighted by molar-refractivity contribution is 7.93. The molecule has 1 aliphatic carbocycles. The first-order valence-electron chi connectivity index (χ1n) is 8.70. The molecular weight excluding hydrogens is 418 g/mol. The van der Waals surface area contributed by atoms with Gasteiger partial charge in [-0.25, -0.2) is 28.9 Å². The van der Waals surface area contributed by atoms with Crippen LogP contribution in [0.25, 0.3) is 0 Å². The van der Waals surface area contributed by atoms with Gasteiger partial charge in [0.2, 0.25) is 0 Å². The van der Waals surface area contributed by atoms with Gasteiger partial charge in [0.05, 0.1) is 11.9 Å². The van der Waals surface area contributed by atoms with Gasteiger partial charge < -0.3 is 15.5 Å². The molecule has 156 valence electrons. The number of aromatic carboxylic acids is 1. The molecule has 0 saturated heterocycles. The average Bonchev–Trinajstić information content (AvgIpc) is 3.25. The minimum atomic E-state index is -3.60. The Hall–Kier alpha value is -2.41. The smallest absolute Gasteiger partial charge is 0.354 e. The standard InChI is InChI=1S/C17H21N5O5S2/c1-8-12(9-5-4-6-10(9)20-13(8)14(23)24)21-16(25)22-29(18,27)11-7-19-15(28-11)17(2,3)26/h7,26H,4-6H2,1-3H3,(H,23,24)(H3,18,20,21,22,25,27). The van der Waals surface area contributed by atoms with Gasteiger partial charge in [0.1, 0.15) is 14.8 Å². The normalized spacial score (nSPS) is 15.5. The maximum Gasteiger partial charge on any atom is 0.354 e. The number of nitrogens with two attached hydrogens (primary N) is 1. The van der Waals surface area contributed by atoms with Crippen molar-refractivity contribution in [3.63, 3.8) is 0 Å². The van der Waals surface area contributed by atoms with Crippen molar-refractivity contribution in [3.8, 4) is 0 Å². The number of carboxylic acids is 1. The number of aryl methyl sites for hydroxylation is 1. The molecule has 0 spiro atoms. The molecule has 1 atom stereocenters. The number of aliphatic hydroxyl groups is 1. The summed E-state index contributed by atoms with van der Waals surface area (Å²) in [5.74, 6) is -1.20. The van der Waals surface area contributed by atoms with Crippen LogP contribution in [-0.4, -0.2) is 36.4 Å². The molecule has 0 saturated carbocycles. The Morgan fingerprint density at radius 1 is 1.38 bits per heavy atom. The van der Waals surface area contributed by atoms with Crippen molar-refractivity contribution >= 4 is 38.9 Å². The highest BCUT2D eigenvalue weighted by Gasteiger charge is 2.26. The van der Waals surface area contributed by atoms with Crippen LogP contribution < -0.4 is 10.5 Å². The molecule has 10 nitrogen and oxygen atoms in total. The van der Waals surface area contributed by atoms with Gasteiger partial charge in [-0.1, -0.05) is 0 Å². The molecule has 5 N–H and O–H groups in total. The van der Waals surface area contributed by atoms with E-state index >= 15 is 0 Å². The van der Waals surface area contributed by atoms with E-state index in [-0.39, 0.29) is 14.9 Å². The van der Waals surface area contributed by atoms with Crippen molar-refractivity contribution in [2.75, 3.05) is 5.32 Å². The molecule has 0 aromatic carbocycles. The number of urea groups is 1. The third-order valence-corrected chi connectivity index (χ3v) is 7.61. The molecular formula is C17H21N5O5S2. The van der Waals surface area contributed by atoms with Crippen molar-refractivity contribution in [3.05, 3.63) is 33.7 Å². The summed E-state index contributed by atoms with van der Waals surface area (Å²) in [6, 6.07) is -0.963. The van der Waals surface area contributed by atoms with Crippen LogP contribution in [0, 0.1) is 6.92 Å². The molecule has 12 heteroatoms. The van der Waals surface area contributed by atoms with Crippen LogP contribution in [0.3, 0.4) is 0 Å². The molecule has 2 heterocycles. The number of hydrogen-bond donors (Lipinski definition) is 4. The van der Waals surface area contributed by atoms with Crippen LogP contribution in [0.4, 0.5) is 10.5 Å². The Bertz CT molecular complexity index is 1130. The zero-order chi connectivity index (χ0) is 21.6. The fourth-order valence-electron chi connectivity index (χ4n) is 3.04. The number of aromatic nitrogens is 2. The van der Waals surface area contributed by atoms with E-state index in [1.54, 1.807) is 6.92 Å². The number of pyridine rings is 1. The van der Waals surface area contributed by atoms with E-state index in [2.05, 4.69) is 19.6 Å². The van der Waals surface area contributed by atoms with Crippen molar-refractivity contribution in [2.24, 2.45) is 9.50 Å². The van der Waals surface area contributed by atoms with Crippen LogP contribution >= 0.6 is 11.3 Å². The lowest BCUT2D eigenvalue weighted by Crippen LogP contribution is -2.19. The molecule has 0 radical (unpaired) electrons. The Morgan fingerprint density at radius 3 is 2.66 bits per heavy atom. The summed E-state index contributed by atoms with van der Waals surface area (Å²) in [5.41, 5.74) is 0.591. The molecule has 2 amide bonds. The van der Waals surface area contributed by atoms with Gasteiger partial charge in [0, 0.05) is 11.3 Å². The maximum absolute atomic E-state index is 12.8. The fourth-order valence-corrected chi connectivity index (χ4v) is 5.10. The monoisotopic (exact) mass is 439 g/mol. The summed E-state index contributed by atoms with van der Waals surface area (Å²) in [6.07, 6.45) is 3.26. The second kappa shape index (κ2) is 7.44. The molecule has 0 aliphatic heterocycles. The number of carboxylic acid groups (broad SMARTS) is 1. The highest BCUT2D eigenvalue weighted by Crippen LogP contribution is 2.32. The van der Waals surface area contributed by atoms with E-state index in [4.69, 9.17) is 5.14 Å². The number of amides is 2. The Morgan fingerprint density at radius 2 is 2.07 bits per heavy atom. The second-order valence-corrected chi connectivity index (χ2v) is 10.2. The third kappa shape index (κ3) is 4.29. The van der Waals surface area contributed by atoms with Crippen LogP contribution in [0.1, 0.15) is 52.6 Å². The lowest BCUT2D eigenvalue weighted by atomic mass is 10.1. The summed E-state index contributed by atoms with van der Waals surface area (Å²) < 4.78 is 16.4. The molecule has 0 fully saturated rings. The number of hydrogen-bond acceptors (Lipinski definition) is 7. The number of anilines is 1. The van der Waals surface area contributed by atoms with E-state index in [0.29, 0.717) is 29.8 Å². The average molecular weight is 440 g/mol. The molecule has 0 bridgehead atoms. The lowest BCUT2D eigenvalue weighted by Gasteiger charge is -2.14. The van der Waals surface area contributed by atoms with E-state index in [9.17, 15) is 24.0 Å². The van der Waals surface area contributed by atoms with Crippen molar-refractivity contribution in [1.82, 2.24) is 9.97 Å². The zero-order valence-corrected chi connectivity index (χ0v) is 17.7. The minimum Gasteiger partial charge on any atom is -0.477 e. The van der Waals surface area contributed by atoms with Crippen molar-refractivity contribution in [2.45, 2.75) is 49.8 Å². The molecule has 1 aliphatic rings. The van der Waals surface area contributed by atoms with E-state index < -0.39 is 27.5 Å². The van der Waals surface area contributed by atoms with Crippen LogP contribution in [0.15, 0.2) is 14.8 Å². The molecule has 3 rings (SSSR count). The van der Waals surface area contributed by atoms with Gasteiger partial charge in [-0.2, -0.15) is 0 Å². The number of nitrogens with one attached hydrogen (secondary N) is 1. The molecule has 1 unspecified atom stereocenters. The van der Waals surface area contributed by atoms with Crippen LogP contribution in [0.5, 0.6) is 0 Å². The Balaban J connectivity index is 1.96. The first-order valence-corrected chi connectivity index (χ1v) is 11.1. The number of carbonyl (C=O) groups is 2. The van der Waals surface area contributed by atoms with Gasteiger partial charge >= 0.3 is 12.0 Å². The second-order valence-electron chi connectivity index (χ2n) is 7.18. The quantitative estimate of drug-likeness (QED) is 0.566. The van der Waals surface area contributed by atoms with Crippen LogP contribution in [0.2, 0.25) is 0 Å². The molecule has 29 heavy (non-hydrogen) atoms. The summed E-state index contributed by atoms with van der Waals surface area (Å²) in [6.45, 7) is 4.58. The third-order valence-electron chi connectivity index (χ3n) is 4.42. The van der Waals surface area contributed by atoms with Crippen molar-refractivity contribution < 1.29 is 24.0 Å². The Kier molecular flexibility index (Phi) is 5.47. The number of thiazole rings is 1. The summed E-state index contributed by atoms with van der Waals surface area (Å²) >= 11 is 0.902. The van der Waals surface area contributed by atoms with Gasteiger partial charge in [0.15, 0.2) is 15.6 Å². The summed E-state index contributed by atoms with van der Waals surface area (Å²) in [7, 11) is -3.60. The van der Waals surface area contributed by atoms with Crippen LogP contribution in [-0.2, 0) is 28.4 Å². The van der Waals surface area contributed by atoms with E-state index in [1.807, 2.05) is 0 Å². The summed E-state index contributed by atoms with van der Waals surface area (Å²) in [5, 5.41) is 27.9. The van der Waals surface area contributed by atoms with E-state index in [1.165, 1.54) is 20.0 Å². The number of nitrogens with zero attached hydrogens (tertiary/aromatic N) is 3. The van der Waals surface area contributed by atoms with Gasteiger partial charge in [0.25, 0.3) is 0 Å². The Labute approximate surface area is 171 Å². The number of rotatable bonds is 4. The predicted molar refractivity (Wildman–Crippen MR) is 107 cm³/mol. The topological polar surface area (TPSA) is 168 Å². The maximum atomic E-state index is 12.8. The summed E-state index contributed by atoms with van der Waals surface area (Å²) in [4.78, 5) is 32.1. The first-order chi connectivity index (χ1) is 13.4. The minimum absolute atomic E-state index is 0.0488. The highest BCUT2D eigenvalue weighted by atomic mass is 32.2. The predicted octanol–water partition coefficient (Wildman–Crippen LogP) is 2.19. The van der Waals surface area contributed by atoms with Gasteiger partial charge in [-0.15, -0.1) is 15.7 Å². The molecule has 2 aromatic heterocycles. The van der Waals surface area contributed by atoms with Crippen molar-refractivity contribution in [1.29, 1.82) is 0 Å². The fraction of sp³-hybridized carbons (Fsp3) is 0.412. The van der Waals surface area contributed by atoms with Gasteiger partial charge in [-0.3, -0.25) is 0 Å². The SMILES string of the molecule is Cc1c(C(=O)O)nc2c(c1NC(=O)N=S(N)(=O)c1cnc(C(C)(C)O)s1)CCC2. The molecule has 2 aromatic rings. The van der Waals surface area contributed by atoms with Gasteiger partial charge in [-0.05, 0) is 45.6 Å². The number of fused-ring (bicyclic) bond motifs is 1. The largest absolute Gasteiger partial charge is 0.477 e. The first kappa shape index (κ1) is 21.3. The lowest BCUT2D eigenvalue weighted by molar-refractivity contribution is 0.0688. The number of carbonyl (C=O) groups excluding carboxylic acids is 1. The zero-order valence-electron chi connectivity index (χ0n) is 16.1. The van der Waals surface area contributed by atoms with E-state index in [0.717, 1.165) is 23.3 Å².